The second kappa shape index (κ2) is 6.92. The van der Waals surface area contributed by atoms with Gasteiger partial charge in [-0.2, -0.15) is 0 Å². The Kier molecular flexibility index (Phi) is 5.19. The van der Waals surface area contributed by atoms with Gasteiger partial charge in [-0.05, 0) is 26.3 Å². The van der Waals surface area contributed by atoms with Gasteiger partial charge >= 0.3 is 0 Å². The van der Waals surface area contributed by atoms with Gasteiger partial charge in [0.25, 0.3) is 5.91 Å². The molecule has 2 unspecified atom stereocenters. The van der Waals surface area contributed by atoms with E-state index in [9.17, 15) is 9.59 Å². The van der Waals surface area contributed by atoms with Gasteiger partial charge in [0.15, 0.2) is 6.10 Å². The number of nitrogens with zero attached hydrogens (tertiary/aromatic N) is 2. The van der Waals surface area contributed by atoms with Gasteiger partial charge in [0.05, 0.1) is 6.04 Å². The number of ether oxygens (including phenoxy) is 1. The first-order chi connectivity index (χ1) is 10.5. The molecule has 0 saturated carbocycles. The van der Waals surface area contributed by atoms with Crippen molar-refractivity contribution in [2.75, 3.05) is 26.7 Å². The highest BCUT2D eigenvalue weighted by molar-refractivity contribution is 5.86. The molecule has 0 aromatic heterocycles. The first-order valence-corrected chi connectivity index (χ1v) is 7.72. The van der Waals surface area contributed by atoms with Crippen LogP contribution in [0.2, 0.25) is 0 Å². The van der Waals surface area contributed by atoms with E-state index in [1.54, 1.807) is 16.8 Å². The Labute approximate surface area is 131 Å². The molecule has 1 aliphatic heterocycles. The number of likely N-dealkylation sites (N-methyl/N-ethyl adjacent to an activating group) is 2. The van der Waals surface area contributed by atoms with Crippen molar-refractivity contribution in [1.29, 1.82) is 0 Å². The molecular weight excluding hydrogens is 280 g/mol. The molecule has 1 aliphatic rings. The minimum Gasteiger partial charge on any atom is -0.356 e. The first kappa shape index (κ1) is 16.5. The summed E-state index contributed by atoms with van der Waals surface area (Å²) in [4.78, 5) is 28.1. The van der Waals surface area contributed by atoms with Gasteiger partial charge in [0, 0.05) is 20.1 Å². The molecule has 2 amide bonds. The van der Waals surface area contributed by atoms with Crippen molar-refractivity contribution in [1.82, 2.24) is 9.80 Å². The van der Waals surface area contributed by atoms with Crippen molar-refractivity contribution in [2.45, 2.75) is 32.9 Å². The second-order valence-corrected chi connectivity index (χ2v) is 5.60. The van der Waals surface area contributed by atoms with Crippen molar-refractivity contribution in [2.24, 2.45) is 0 Å². The Balaban J connectivity index is 2.35. The van der Waals surface area contributed by atoms with Crippen LogP contribution in [-0.2, 0) is 14.3 Å². The summed E-state index contributed by atoms with van der Waals surface area (Å²) in [6.07, 6.45) is -0.648. The fraction of sp³-hybridized carbons (Fsp3) is 0.529. The van der Waals surface area contributed by atoms with Crippen molar-refractivity contribution in [3.63, 3.8) is 0 Å². The van der Waals surface area contributed by atoms with E-state index >= 15 is 0 Å². The highest BCUT2D eigenvalue weighted by Gasteiger charge is 2.41. The molecule has 5 heteroatoms. The standard InChI is InChI=1S/C17H24N2O3/c1-5-19(6-2)17(21)16-15(18(4)14(20)11-22-16)13-9-7-12(3)8-10-13/h7-10,15-16H,5-6,11H2,1-4H3. The van der Waals surface area contributed by atoms with Crippen LogP contribution in [0.25, 0.3) is 0 Å². The Morgan fingerprint density at radius 1 is 1.27 bits per heavy atom. The smallest absolute Gasteiger partial charge is 0.254 e. The predicted octanol–water partition coefficient (Wildman–Crippen LogP) is 1.76. The summed E-state index contributed by atoms with van der Waals surface area (Å²) in [7, 11) is 1.73. The maximum atomic E-state index is 12.7. The number of amides is 2. The lowest BCUT2D eigenvalue weighted by atomic mass is 9.96. The van der Waals surface area contributed by atoms with E-state index in [1.807, 2.05) is 45.0 Å². The molecule has 2 atom stereocenters. The third kappa shape index (κ3) is 3.14. The summed E-state index contributed by atoms with van der Waals surface area (Å²) in [5.41, 5.74) is 2.06. The van der Waals surface area contributed by atoms with E-state index in [-0.39, 0.29) is 24.5 Å². The minimum absolute atomic E-state index is 0.0451. The molecule has 0 aliphatic carbocycles. The molecule has 1 heterocycles. The second-order valence-electron chi connectivity index (χ2n) is 5.60. The summed E-state index contributed by atoms with van der Waals surface area (Å²) in [6, 6.07) is 7.51. The molecule has 22 heavy (non-hydrogen) atoms. The highest BCUT2D eigenvalue weighted by Crippen LogP contribution is 2.30. The summed E-state index contributed by atoms with van der Waals surface area (Å²) >= 11 is 0. The predicted molar refractivity (Wildman–Crippen MR) is 84.4 cm³/mol. The van der Waals surface area contributed by atoms with E-state index < -0.39 is 6.10 Å². The third-order valence-electron chi connectivity index (χ3n) is 4.22. The van der Waals surface area contributed by atoms with Crippen LogP contribution in [0.5, 0.6) is 0 Å². The largest absolute Gasteiger partial charge is 0.356 e. The lowest BCUT2D eigenvalue weighted by molar-refractivity contribution is -0.167. The number of aryl methyl sites for hydroxylation is 1. The van der Waals surface area contributed by atoms with Crippen LogP contribution in [0.3, 0.4) is 0 Å². The number of hydrogen-bond acceptors (Lipinski definition) is 3. The Bertz CT molecular complexity index is 537. The van der Waals surface area contributed by atoms with Crippen LogP contribution in [-0.4, -0.2) is 54.5 Å². The zero-order chi connectivity index (χ0) is 16.3. The normalized spacial score (nSPS) is 21.8. The monoisotopic (exact) mass is 304 g/mol. The Hall–Kier alpha value is -1.88. The van der Waals surface area contributed by atoms with Gasteiger partial charge in [-0.25, -0.2) is 0 Å². The van der Waals surface area contributed by atoms with Gasteiger partial charge in [-0.15, -0.1) is 0 Å². The highest BCUT2D eigenvalue weighted by atomic mass is 16.5. The number of morpholine rings is 1. The van der Waals surface area contributed by atoms with Gasteiger partial charge in [0.2, 0.25) is 5.91 Å². The van der Waals surface area contributed by atoms with E-state index in [0.717, 1.165) is 11.1 Å². The van der Waals surface area contributed by atoms with Crippen molar-refractivity contribution < 1.29 is 14.3 Å². The molecule has 5 nitrogen and oxygen atoms in total. The number of benzene rings is 1. The van der Waals surface area contributed by atoms with Crippen molar-refractivity contribution in [3.05, 3.63) is 35.4 Å². The summed E-state index contributed by atoms with van der Waals surface area (Å²) in [6.45, 7) is 7.12. The lowest BCUT2D eigenvalue weighted by Crippen LogP contribution is -2.53. The molecule has 1 saturated heterocycles. The van der Waals surface area contributed by atoms with Gasteiger partial charge in [-0.3, -0.25) is 9.59 Å². The molecule has 0 bridgehead atoms. The van der Waals surface area contributed by atoms with Crippen LogP contribution >= 0.6 is 0 Å². The van der Waals surface area contributed by atoms with Crippen LogP contribution in [0, 0.1) is 6.92 Å². The molecule has 1 aromatic rings. The first-order valence-electron chi connectivity index (χ1n) is 7.72. The summed E-state index contributed by atoms with van der Waals surface area (Å²) in [5.74, 6) is -0.163. The number of carbonyl (C=O) groups excluding carboxylic acids is 2. The average molecular weight is 304 g/mol. The topological polar surface area (TPSA) is 49.9 Å². The molecule has 2 rings (SSSR count). The van der Waals surface area contributed by atoms with E-state index in [2.05, 4.69) is 0 Å². The van der Waals surface area contributed by atoms with Crippen LogP contribution in [0.1, 0.15) is 31.0 Å². The van der Waals surface area contributed by atoms with E-state index in [0.29, 0.717) is 13.1 Å². The summed E-state index contributed by atoms with van der Waals surface area (Å²) < 4.78 is 5.62. The molecule has 120 valence electrons. The minimum atomic E-state index is -0.648. The quantitative estimate of drug-likeness (QED) is 0.852. The number of rotatable bonds is 4. The molecule has 0 N–H and O–H groups in total. The van der Waals surface area contributed by atoms with E-state index in [1.165, 1.54) is 0 Å². The number of carbonyl (C=O) groups is 2. The van der Waals surface area contributed by atoms with Crippen LogP contribution in [0.15, 0.2) is 24.3 Å². The van der Waals surface area contributed by atoms with Gasteiger partial charge in [-0.1, -0.05) is 29.8 Å². The average Bonchev–Trinajstić information content (AvgIpc) is 2.52. The molecular formula is C17H24N2O3. The molecule has 0 spiro atoms. The number of hydrogen-bond donors (Lipinski definition) is 0. The molecule has 1 fully saturated rings. The molecule has 0 radical (unpaired) electrons. The van der Waals surface area contributed by atoms with Crippen LogP contribution < -0.4 is 0 Å². The maximum absolute atomic E-state index is 12.7. The Morgan fingerprint density at radius 3 is 2.41 bits per heavy atom. The summed E-state index contributed by atoms with van der Waals surface area (Å²) in [5, 5.41) is 0. The Morgan fingerprint density at radius 2 is 1.86 bits per heavy atom. The SMILES string of the molecule is CCN(CC)C(=O)C1OCC(=O)N(C)C1c1ccc(C)cc1. The van der Waals surface area contributed by atoms with Crippen LogP contribution in [0.4, 0.5) is 0 Å². The fourth-order valence-corrected chi connectivity index (χ4v) is 2.80. The van der Waals surface area contributed by atoms with Crippen molar-refractivity contribution >= 4 is 11.8 Å². The van der Waals surface area contributed by atoms with E-state index in [4.69, 9.17) is 4.74 Å². The zero-order valence-corrected chi connectivity index (χ0v) is 13.7. The lowest BCUT2D eigenvalue weighted by Gasteiger charge is -2.40. The van der Waals surface area contributed by atoms with Gasteiger partial charge in [0.1, 0.15) is 6.61 Å². The fourth-order valence-electron chi connectivity index (χ4n) is 2.80. The zero-order valence-electron chi connectivity index (χ0n) is 13.7. The third-order valence-corrected chi connectivity index (χ3v) is 4.22. The van der Waals surface area contributed by atoms with Gasteiger partial charge < -0.3 is 14.5 Å². The van der Waals surface area contributed by atoms with Crippen molar-refractivity contribution in [3.8, 4) is 0 Å². The molecule has 1 aromatic carbocycles. The maximum Gasteiger partial charge on any atom is 0.254 e.